The maximum atomic E-state index is 5.37. The highest BCUT2D eigenvalue weighted by Gasteiger charge is 2.33. The van der Waals surface area contributed by atoms with Crippen LogP contribution in [0.4, 0.5) is 0 Å². The first-order valence-corrected chi connectivity index (χ1v) is 8.01. The first kappa shape index (κ1) is 14.4. The van der Waals surface area contributed by atoms with Crippen molar-refractivity contribution in [3.05, 3.63) is 35.7 Å². The van der Waals surface area contributed by atoms with Crippen LogP contribution >= 0.6 is 11.8 Å². The molecule has 5 nitrogen and oxygen atoms in total. The number of hydrogen-bond acceptors (Lipinski definition) is 5. The molecule has 3 rings (SSSR count). The van der Waals surface area contributed by atoms with Crippen LogP contribution in [0.1, 0.15) is 24.1 Å². The van der Waals surface area contributed by atoms with E-state index in [0.717, 1.165) is 23.9 Å². The van der Waals surface area contributed by atoms with Gasteiger partial charge in [-0.3, -0.25) is 0 Å². The van der Waals surface area contributed by atoms with E-state index in [0.29, 0.717) is 11.3 Å². The number of fused-ring (bicyclic) bond motifs is 1. The second-order valence-electron chi connectivity index (χ2n) is 5.13. The van der Waals surface area contributed by atoms with Gasteiger partial charge in [0.25, 0.3) is 0 Å². The Bertz CT molecular complexity index is 628. The number of aromatic nitrogens is 3. The van der Waals surface area contributed by atoms with Gasteiger partial charge in [-0.15, -0.1) is 0 Å². The molecule has 0 aliphatic heterocycles. The number of methoxy groups -OCH3 is 1. The number of ether oxygens (including phenoxy) is 1. The first-order chi connectivity index (χ1) is 10.2. The summed E-state index contributed by atoms with van der Waals surface area (Å²) in [5.41, 5.74) is 2.73. The van der Waals surface area contributed by atoms with Crippen LogP contribution in [-0.4, -0.2) is 33.7 Å². The predicted molar refractivity (Wildman–Crippen MR) is 83.8 cm³/mol. The summed E-state index contributed by atoms with van der Waals surface area (Å²) >= 11 is 1.79. The molecule has 0 saturated carbocycles. The molecule has 0 amide bonds. The number of nitrogens with zero attached hydrogens (tertiary/aromatic N) is 3. The zero-order valence-electron chi connectivity index (χ0n) is 12.5. The van der Waals surface area contributed by atoms with Gasteiger partial charge in [0.05, 0.1) is 7.11 Å². The lowest BCUT2D eigenvalue weighted by molar-refractivity contribution is 0.413. The predicted octanol–water partition coefficient (Wildman–Crippen LogP) is 2.19. The van der Waals surface area contributed by atoms with Crippen molar-refractivity contribution in [2.24, 2.45) is 7.05 Å². The minimum absolute atomic E-state index is 0.321. The van der Waals surface area contributed by atoms with E-state index in [-0.39, 0.29) is 0 Å². The molecular formula is C15H20N4OS. The van der Waals surface area contributed by atoms with Crippen LogP contribution < -0.4 is 10.1 Å². The molecule has 0 bridgehead atoms. The SMILES string of the molecule is CCNC1c2cc(OC)ccc2CC1Sc1ncnn1C. The molecule has 2 aromatic rings. The van der Waals surface area contributed by atoms with Crippen LogP contribution in [0.2, 0.25) is 0 Å². The van der Waals surface area contributed by atoms with E-state index in [1.165, 1.54) is 11.1 Å². The molecule has 1 aliphatic carbocycles. The number of thioether (sulfide) groups is 1. The summed E-state index contributed by atoms with van der Waals surface area (Å²) in [6, 6.07) is 6.69. The second kappa shape index (κ2) is 6.07. The third kappa shape index (κ3) is 2.78. The average Bonchev–Trinajstić information content (AvgIpc) is 3.04. The topological polar surface area (TPSA) is 52.0 Å². The zero-order chi connectivity index (χ0) is 14.8. The maximum absolute atomic E-state index is 5.37. The molecular weight excluding hydrogens is 284 g/mol. The fraction of sp³-hybridized carbons (Fsp3) is 0.467. The molecule has 0 saturated heterocycles. The van der Waals surface area contributed by atoms with Crippen molar-refractivity contribution in [3.63, 3.8) is 0 Å². The minimum Gasteiger partial charge on any atom is -0.497 e. The van der Waals surface area contributed by atoms with Crippen LogP contribution in [0.25, 0.3) is 0 Å². The second-order valence-corrected chi connectivity index (χ2v) is 6.33. The van der Waals surface area contributed by atoms with Crippen molar-refractivity contribution >= 4 is 11.8 Å². The molecule has 2 unspecified atom stereocenters. The molecule has 1 N–H and O–H groups in total. The van der Waals surface area contributed by atoms with E-state index in [1.54, 1.807) is 25.2 Å². The molecule has 0 fully saturated rings. The highest BCUT2D eigenvalue weighted by atomic mass is 32.2. The minimum atomic E-state index is 0.321. The van der Waals surface area contributed by atoms with E-state index >= 15 is 0 Å². The fourth-order valence-electron chi connectivity index (χ4n) is 2.81. The van der Waals surface area contributed by atoms with Crippen molar-refractivity contribution in [1.29, 1.82) is 0 Å². The van der Waals surface area contributed by atoms with E-state index in [4.69, 9.17) is 4.74 Å². The van der Waals surface area contributed by atoms with Gasteiger partial charge < -0.3 is 10.1 Å². The number of benzene rings is 1. The van der Waals surface area contributed by atoms with Gasteiger partial charge in [0, 0.05) is 18.3 Å². The first-order valence-electron chi connectivity index (χ1n) is 7.13. The molecule has 0 radical (unpaired) electrons. The van der Waals surface area contributed by atoms with E-state index in [9.17, 15) is 0 Å². The molecule has 2 atom stereocenters. The van der Waals surface area contributed by atoms with E-state index < -0.39 is 0 Å². The molecule has 1 heterocycles. The molecule has 112 valence electrons. The number of aryl methyl sites for hydroxylation is 1. The smallest absolute Gasteiger partial charge is 0.186 e. The van der Waals surface area contributed by atoms with Gasteiger partial charge in [-0.2, -0.15) is 5.10 Å². The summed E-state index contributed by atoms with van der Waals surface area (Å²) in [4.78, 5) is 4.33. The Morgan fingerprint density at radius 3 is 3.00 bits per heavy atom. The lowest BCUT2D eigenvalue weighted by Gasteiger charge is -2.20. The summed E-state index contributed by atoms with van der Waals surface area (Å²) in [5, 5.41) is 9.14. The van der Waals surface area contributed by atoms with Crippen LogP contribution in [0.15, 0.2) is 29.7 Å². The van der Waals surface area contributed by atoms with E-state index in [1.807, 2.05) is 17.8 Å². The standard InChI is InChI=1S/C15H20N4OS/c1-4-16-14-12-8-11(20-3)6-5-10(12)7-13(14)21-15-17-9-18-19(15)2/h5-6,8-9,13-14,16H,4,7H2,1-3H3. The maximum Gasteiger partial charge on any atom is 0.186 e. The van der Waals surface area contributed by atoms with Crippen LogP contribution in [0.5, 0.6) is 5.75 Å². The summed E-state index contributed by atoms with van der Waals surface area (Å²) in [7, 11) is 3.65. The third-order valence-electron chi connectivity index (χ3n) is 3.83. The van der Waals surface area contributed by atoms with Gasteiger partial charge in [-0.25, -0.2) is 9.67 Å². The molecule has 1 aromatic carbocycles. The fourth-order valence-corrected chi connectivity index (χ4v) is 4.03. The Morgan fingerprint density at radius 1 is 1.48 bits per heavy atom. The Kier molecular flexibility index (Phi) is 4.17. The Morgan fingerprint density at radius 2 is 2.33 bits per heavy atom. The van der Waals surface area contributed by atoms with Crippen LogP contribution in [0, 0.1) is 0 Å². The largest absolute Gasteiger partial charge is 0.497 e. The quantitative estimate of drug-likeness (QED) is 0.917. The lowest BCUT2D eigenvalue weighted by atomic mass is 10.1. The van der Waals surface area contributed by atoms with E-state index in [2.05, 4.69) is 34.5 Å². The molecule has 6 heteroatoms. The summed E-state index contributed by atoms with van der Waals surface area (Å²) in [5.74, 6) is 0.918. The summed E-state index contributed by atoms with van der Waals surface area (Å²) in [6.45, 7) is 3.08. The molecule has 21 heavy (non-hydrogen) atoms. The van der Waals surface area contributed by atoms with Gasteiger partial charge >= 0.3 is 0 Å². The monoisotopic (exact) mass is 304 g/mol. The van der Waals surface area contributed by atoms with Gasteiger partial charge in [-0.1, -0.05) is 24.8 Å². The normalized spacial score (nSPS) is 20.5. The Balaban J connectivity index is 1.87. The lowest BCUT2D eigenvalue weighted by Crippen LogP contribution is -2.27. The zero-order valence-corrected chi connectivity index (χ0v) is 13.4. The third-order valence-corrected chi connectivity index (χ3v) is 5.15. The Labute approximate surface area is 129 Å². The molecule has 0 spiro atoms. The number of rotatable bonds is 5. The Hall–Kier alpha value is -1.53. The number of nitrogens with one attached hydrogen (secondary N) is 1. The van der Waals surface area contributed by atoms with Crippen molar-refractivity contribution in [3.8, 4) is 5.75 Å². The molecule has 1 aromatic heterocycles. The average molecular weight is 304 g/mol. The van der Waals surface area contributed by atoms with Crippen LogP contribution in [0.3, 0.4) is 0 Å². The van der Waals surface area contributed by atoms with Gasteiger partial charge in [-0.05, 0) is 36.2 Å². The van der Waals surface area contributed by atoms with Gasteiger partial charge in [0.2, 0.25) is 0 Å². The summed E-state index contributed by atoms with van der Waals surface area (Å²) in [6.07, 6.45) is 2.64. The summed E-state index contributed by atoms with van der Waals surface area (Å²) < 4.78 is 7.20. The van der Waals surface area contributed by atoms with Crippen molar-refractivity contribution < 1.29 is 4.74 Å². The van der Waals surface area contributed by atoms with Crippen LogP contribution in [-0.2, 0) is 13.5 Å². The highest BCUT2D eigenvalue weighted by Crippen LogP contribution is 2.42. The number of hydrogen-bond donors (Lipinski definition) is 1. The van der Waals surface area contributed by atoms with Crippen molar-refractivity contribution in [1.82, 2.24) is 20.1 Å². The van der Waals surface area contributed by atoms with Gasteiger partial charge in [0.1, 0.15) is 12.1 Å². The van der Waals surface area contributed by atoms with Gasteiger partial charge in [0.15, 0.2) is 5.16 Å². The van der Waals surface area contributed by atoms with Crippen molar-refractivity contribution in [2.45, 2.75) is 29.8 Å². The van der Waals surface area contributed by atoms with Crippen molar-refractivity contribution in [2.75, 3.05) is 13.7 Å². The highest BCUT2D eigenvalue weighted by molar-refractivity contribution is 7.99. The molecule has 1 aliphatic rings.